The molecule has 0 saturated carbocycles. The van der Waals surface area contributed by atoms with Gasteiger partial charge in [-0.15, -0.1) is 10.2 Å². The fraction of sp³-hybridized carbons (Fsp3) is 0.185. The number of halogens is 2. The first-order valence-corrected chi connectivity index (χ1v) is 14.1. The molecule has 5 aromatic rings. The molecule has 1 aliphatic rings. The van der Waals surface area contributed by atoms with Gasteiger partial charge in [-0.2, -0.15) is 0 Å². The summed E-state index contributed by atoms with van der Waals surface area (Å²) in [6, 6.07) is 17.5. The van der Waals surface area contributed by atoms with E-state index in [-0.39, 0.29) is 6.79 Å². The first kappa shape index (κ1) is 25.2. The molecule has 2 aromatic heterocycles. The molecule has 0 spiro atoms. The van der Waals surface area contributed by atoms with Crippen LogP contribution in [0.2, 0.25) is 10.0 Å². The monoisotopic (exact) mass is 585 g/mol. The fourth-order valence-corrected chi connectivity index (χ4v) is 6.77. The predicted octanol–water partition coefficient (Wildman–Crippen LogP) is 7.39. The number of hydrogen-bond acceptors (Lipinski definition) is 8. The molecular formula is C27H21Cl2N3O4S2. The van der Waals surface area contributed by atoms with Crippen molar-refractivity contribution < 1.29 is 18.9 Å². The van der Waals surface area contributed by atoms with Crippen molar-refractivity contribution >= 4 is 51.3 Å². The van der Waals surface area contributed by atoms with Crippen LogP contribution in [0.25, 0.3) is 16.2 Å². The molecule has 3 aromatic carbocycles. The van der Waals surface area contributed by atoms with Gasteiger partial charge >= 0.3 is 0 Å². The van der Waals surface area contributed by atoms with Crippen molar-refractivity contribution in [1.29, 1.82) is 0 Å². The van der Waals surface area contributed by atoms with Gasteiger partial charge in [-0.05, 0) is 41.5 Å². The summed E-state index contributed by atoms with van der Waals surface area (Å²) >= 11 is 16.3. The predicted molar refractivity (Wildman–Crippen MR) is 151 cm³/mol. The third kappa shape index (κ3) is 4.75. The zero-order valence-electron chi connectivity index (χ0n) is 20.4. The summed E-state index contributed by atoms with van der Waals surface area (Å²) in [5, 5.41) is 11.0. The van der Waals surface area contributed by atoms with Gasteiger partial charge in [-0.1, -0.05) is 64.5 Å². The lowest BCUT2D eigenvalue weighted by Gasteiger charge is -2.12. The Morgan fingerprint density at radius 2 is 1.79 bits per heavy atom. The molecule has 0 saturated heterocycles. The van der Waals surface area contributed by atoms with E-state index >= 15 is 0 Å². The molecule has 0 bridgehead atoms. The summed E-state index contributed by atoms with van der Waals surface area (Å²) in [6.45, 7) is 0.251. The Hall–Kier alpha value is -3.11. The number of ether oxygens (including phenoxy) is 4. The Kier molecular flexibility index (Phi) is 7.01. The Bertz CT molecular complexity index is 1650. The lowest BCUT2D eigenvalue weighted by molar-refractivity contribution is 0.174. The smallest absolute Gasteiger partial charge is 0.231 e. The van der Waals surface area contributed by atoms with Crippen LogP contribution in [0, 0.1) is 0 Å². The molecule has 0 unspecified atom stereocenters. The maximum absolute atomic E-state index is 6.66. The highest BCUT2D eigenvalue weighted by atomic mass is 35.5. The van der Waals surface area contributed by atoms with Gasteiger partial charge in [0.25, 0.3) is 0 Å². The summed E-state index contributed by atoms with van der Waals surface area (Å²) in [5.41, 5.74) is 3.98. The highest BCUT2D eigenvalue weighted by Gasteiger charge is 2.22. The Balaban J connectivity index is 1.40. The van der Waals surface area contributed by atoms with Crippen molar-refractivity contribution in [2.24, 2.45) is 0 Å². The first-order chi connectivity index (χ1) is 18.5. The normalized spacial score (nSPS) is 12.3. The molecule has 11 heteroatoms. The van der Waals surface area contributed by atoms with Crippen LogP contribution in [-0.4, -0.2) is 35.6 Å². The van der Waals surface area contributed by atoms with Gasteiger partial charge in [0, 0.05) is 38.7 Å². The minimum Gasteiger partial charge on any atom is -0.493 e. The molecule has 1 aliphatic heterocycles. The van der Waals surface area contributed by atoms with Crippen molar-refractivity contribution in [3.05, 3.63) is 80.6 Å². The molecule has 0 atom stereocenters. The number of rotatable bonds is 8. The molecule has 6 rings (SSSR count). The summed E-state index contributed by atoms with van der Waals surface area (Å²) in [7, 11) is 3.21. The third-order valence-corrected chi connectivity index (χ3v) is 8.73. The van der Waals surface area contributed by atoms with Crippen molar-refractivity contribution in [2.45, 2.75) is 17.3 Å². The number of fused-ring (bicyclic) bond motifs is 2. The van der Waals surface area contributed by atoms with E-state index in [1.807, 2.05) is 48.5 Å². The number of benzene rings is 3. The number of hydrogen-bond donors (Lipinski definition) is 0. The molecule has 0 aliphatic carbocycles. The van der Waals surface area contributed by atoms with E-state index in [1.54, 1.807) is 43.4 Å². The molecular weight excluding hydrogens is 565 g/mol. The van der Waals surface area contributed by atoms with Crippen LogP contribution in [0.1, 0.15) is 16.0 Å². The van der Waals surface area contributed by atoms with Crippen molar-refractivity contribution in [2.75, 3.05) is 21.0 Å². The number of thioether (sulfide) groups is 1. The van der Waals surface area contributed by atoms with Gasteiger partial charge < -0.3 is 18.9 Å². The summed E-state index contributed by atoms with van der Waals surface area (Å²) in [5.74, 6) is 3.43. The number of nitrogens with zero attached hydrogens (tertiary/aromatic N) is 3. The second kappa shape index (κ2) is 10.6. The highest BCUT2D eigenvalue weighted by Crippen LogP contribution is 2.41. The largest absolute Gasteiger partial charge is 0.493 e. The zero-order chi connectivity index (χ0) is 26.2. The number of thiazole rings is 1. The second-order valence-electron chi connectivity index (χ2n) is 8.44. The van der Waals surface area contributed by atoms with E-state index in [0.717, 1.165) is 48.9 Å². The molecule has 3 heterocycles. The van der Waals surface area contributed by atoms with E-state index in [2.05, 4.69) is 14.6 Å². The van der Waals surface area contributed by atoms with E-state index in [9.17, 15) is 0 Å². The molecule has 0 fully saturated rings. The van der Waals surface area contributed by atoms with E-state index in [4.69, 9.17) is 42.1 Å². The van der Waals surface area contributed by atoms with E-state index in [1.165, 1.54) is 0 Å². The zero-order valence-corrected chi connectivity index (χ0v) is 23.5. The molecule has 0 N–H and O–H groups in total. The van der Waals surface area contributed by atoms with E-state index < -0.39 is 0 Å². The summed E-state index contributed by atoms with van der Waals surface area (Å²) in [4.78, 5) is 1.87. The van der Waals surface area contributed by atoms with Crippen LogP contribution in [0.5, 0.6) is 23.0 Å². The van der Waals surface area contributed by atoms with Crippen molar-refractivity contribution in [3.8, 4) is 34.3 Å². The topological polar surface area (TPSA) is 67.1 Å². The van der Waals surface area contributed by atoms with Crippen LogP contribution >= 0.6 is 46.3 Å². The van der Waals surface area contributed by atoms with Crippen LogP contribution in [0.4, 0.5) is 0 Å². The SMILES string of the molecule is COc1cc(Cl)c(Cc2sc3nnc(SCc4ccc5c(c4)OCO5)n3c2-c2cccc(Cl)c2)cc1OC. The van der Waals surface area contributed by atoms with Gasteiger partial charge in [-0.3, -0.25) is 4.40 Å². The van der Waals surface area contributed by atoms with Crippen LogP contribution < -0.4 is 18.9 Å². The highest BCUT2D eigenvalue weighted by molar-refractivity contribution is 7.98. The van der Waals surface area contributed by atoms with Gasteiger partial charge in [-0.25, -0.2) is 0 Å². The standard InChI is InChI=1S/C27H21Cl2N3O4S2/c1-33-21-10-17(19(29)12-22(21)34-2)11-24-25(16-4-3-5-18(28)9-16)32-26(30-31-27(32)38-24)37-13-15-6-7-20-23(8-15)36-14-35-20/h3-10,12H,11,13-14H2,1-2H3. The Labute approximate surface area is 237 Å². The Morgan fingerprint density at radius 1 is 0.974 bits per heavy atom. The van der Waals surface area contributed by atoms with Gasteiger partial charge in [0.15, 0.2) is 28.2 Å². The molecule has 194 valence electrons. The van der Waals surface area contributed by atoms with Crippen LogP contribution in [0.15, 0.2) is 59.8 Å². The first-order valence-electron chi connectivity index (χ1n) is 11.6. The third-order valence-electron chi connectivity index (χ3n) is 6.11. The lowest BCUT2D eigenvalue weighted by atomic mass is 10.1. The Morgan fingerprint density at radius 3 is 2.61 bits per heavy atom. The number of methoxy groups -OCH3 is 2. The van der Waals surface area contributed by atoms with Crippen LogP contribution in [-0.2, 0) is 12.2 Å². The molecule has 0 radical (unpaired) electrons. The van der Waals surface area contributed by atoms with Crippen molar-refractivity contribution in [3.63, 3.8) is 0 Å². The average molecular weight is 587 g/mol. The fourth-order valence-electron chi connectivity index (χ4n) is 4.32. The van der Waals surface area contributed by atoms with Gasteiger partial charge in [0.2, 0.25) is 11.8 Å². The summed E-state index contributed by atoms with van der Waals surface area (Å²) in [6.07, 6.45) is 0.571. The average Bonchev–Trinajstić information content (AvgIpc) is 3.63. The second-order valence-corrected chi connectivity index (χ2v) is 11.3. The number of aromatic nitrogens is 3. The lowest BCUT2D eigenvalue weighted by Crippen LogP contribution is -1.97. The van der Waals surface area contributed by atoms with Crippen molar-refractivity contribution in [1.82, 2.24) is 14.6 Å². The van der Waals surface area contributed by atoms with E-state index in [0.29, 0.717) is 33.7 Å². The molecule has 7 nitrogen and oxygen atoms in total. The quantitative estimate of drug-likeness (QED) is 0.176. The van der Waals surface area contributed by atoms with Crippen LogP contribution in [0.3, 0.4) is 0 Å². The van der Waals surface area contributed by atoms with Gasteiger partial charge in [0.1, 0.15) is 0 Å². The molecule has 0 amide bonds. The summed E-state index contributed by atoms with van der Waals surface area (Å²) < 4.78 is 24.0. The maximum Gasteiger partial charge on any atom is 0.231 e. The maximum atomic E-state index is 6.66. The minimum absolute atomic E-state index is 0.251. The molecule has 38 heavy (non-hydrogen) atoms. The minimum atomic E-state index is 0.251. The van der Waals surface area contributed by atoms with Gasteiger partial charge in [0.05, 0.1) is 19.9 Å².